The molecule has 2 aliphatic heterocycles. The lowest BCUT2D eigenvalue weighted by Gasteiger charge is -2.37. The molecule has 17 heavy (non-hydrogen) atoms. The zero-order valence-corrected chi connectivity index (χ0v) is 11.0. The average Bonchev–Trinajstić information content (AvgIpc) is 2.40. The normalized spacial score (nSPS) is 24.4. The highest BCUT2D eigenvalue weighted by molar-refractivity contribution is 4.94. The van der Waals surface area contributed by atoms with E-state index < -0.39 is 0 Å². The van der Waals surface area contributed by atoms with Crippen LogP contribution in [0, 0.1) is 6.04 Å². The smallest absolute Gasteiger partial charge is 0.0594 e. The molecule has 0 atom stereocenters. The lowest BCUT2D eigenvalue weighted by molar-refractivity contribution is 0.0134. The van der Waals surface area contributed by atoms with Gasteiger partial charge in [-0.05, 0) is 6.42 Å². The molecule has 0 aliphatic carbocycles. The summed E-state index contributed by atoms with van der Waals surface area (Å²) in [5.41, 5.74) is 0. The fourth-order valence-electron chi connectivity index (χ4n) is 2.52. The van der Waals surface area contributed by atoms with Crippen LogP contribution >= 0.6 is 0 Å². The minimum absolute atomic E-state index is 0.885. The van der Waals surface area contributed by atoms with Crippen LogP contribution in [0.2, 0.25) is 0 Å². The summed E-state index contributed by atoms with van der Waals surface area (Å²) in [4.78, 5) is 5.05. The van der Waals surface area contributed by atoms with Gasteiger partial charge in [0.05, 0.1) is 32.5 Å². The molecule has 0 N–H and O–H groups in total. The number of ether oxygens (including phenoxy) is 2. The molecule has 0 aromatic heterocycles. The van der Waals surface area contributed by atoms with Crippen molar-refractivity contribution in [2.24, 2.45) is 0 Å². The van der Waals surface area contributed by atoms with Gasteiger partial charge in [0.15, 0.2) is 0 Å². The van der Waals surface area contributed by atoms with E-state index >= 15 is 0 Å². The van der Waals surface area contributed by atoms with Gasteiger partial charge < -0.3 is 9.47 Å². The second-order valence-corrected chi connectivity index (χ2v) is 4.80. The summed E-state index contributed by atoms with van der Waals surface area (Å²) < 4.78 is 10.8. The molecule has 2 fully saturated rings. The Balaban J connectivity index is 1.81. The maximum atomic E-state index is 5.43. The summed E-state index contributed by atoms with van der Waals surface area (Å²) in [5.74, 6) is 0. The summed E-state index contributed by atoms with van der Waals surface area (Å²) in [6, 6.07) is 1.60. The Hall–Kier alpha value is -0.160. The van der Waals surface area contributed by atoms with Crippen LogP contribution in [0.15, 0.2) is 0 Å². The second-order valence-electron chi connectivity index (χ2n) is 4.80. The highest BCUT2D eigenvalue weighted by Gasteiger charge is 2.24. The van der Waals surface area contributed by atoms with Crippen molar-refractivity contribution in [1.29, 1.82) is 0 Å². The van der Waals surface area contributed by atoms with Crippen molar-refractivity contribution < 1.29 is 9.47 Å². The van der Waals surface area contributed by atoms with Crippen molar-refractivity contribution in [3.05, 3.63) is 6.04 Å². The molecular formula is C13H25N2O2. The molecule has 0 bridgehead atoms. The third-order valence-corrected chi connectivity index (χ3v) is 3.51. The highest BCUT2D eigenvalue weighted by atomic mass is 16.5. The van der Waals surface area contributed by atoms with E-state index in [1.54, 1.807) is 6.04 Å². The summed E-state index contributed by atoms with van der Waals surface area (Å²) in [6.45, 7) is 11.2. The van der Waals surface area contributed by atoms with Crippen LogP contribution in [0.5, 0.6) is 0 Å². The first-order valence-electron chi connectivity index (χ1n) is 6.87. The van der Waals surface area contributed by atoms with Gasteiger partial charge in [0.25, 0.3) is 0 Å². The van der Waals surface area contributed by atoms with E-state index in [1.165, 1.54) is 12.8 Å². The highest BCUT2D eigenvalue weighted by Crippen LogP contribution is 2.19. The molecule has 99 valence electrons. The van der Waals surface area contributed by atoms with Crippen LogP contribution in [0.25, 0.3) is 0 Å². The summed E-state index contributed by atoms with van der Waals surface area (Å²) in [6.07, 6.45) is 2.45. The molecule has 0 unspecified atom stereocenters. The molecule has 2 aliphatic rings. The zero-order valence-electron chi connectivity index (χ0n) is 11.0. The van der Waals surface area contributed by atoms with Gasteiger partial charge in [0, 0.05) is 32.7 Å². The van der Waals surface area contributed by atoms with E-state index in [-0.39, 0.29) is 0 Å². The topological polar surface area (TPSA) is 24.9 Å². The first kappa shape index (κ1) is 13.3. The molecule has 0 saturated carbocycles. The number of rotatable bonds is 5. The lowest BCUT2D eigenvalue weighted by Crippen LogP contribution is -2.46. The van der Waals surface area contributed by atoms with Crippen LogP contribution < -0.4 is 0 Å². The molecule has 0 aromatic rings. The minimum Gasteiger partial charge on any atom is -0.379 e. The maximum absolute atomic E-state index is 5.43. The Bertz CT molecular complexity index is 202. The van der Waals surface area contributed by atoms with Gasteiger partial charge in [0.2, 0.25) is 0 Å². The zero-order chi connectivity index (χ0) is 11.9. The SMILES string of the molecule is CCC[C](CN1CCOCC1)N1CCOCC1. The Labute approximate surface area is 105 Å². The van der Waals surface area contributed by atoms with Crippen molar-refractivity contribution in [3.8, 4) is 0 Å². The van der Waals surface area contributed by atoms with E-state index in [0.29, 0.717) is 0 Å². The van der Waals surface area contributed by atoms with Crippen molar-refractivity contribution in [3.63, 3.8) is 0 Å². The van der Waals surface area contributed by atoms with Crippen molar-refractivity contribution >= 4 is 0 Å². The number of hydrogen-bond donors (Lipinski definition) is 0. The number of morpholine rings is 2. The first-order valence-corrected chi connectivity index (χ1v) is 6.87. The summed E-state index contributed by atoms with van der Waals surface area (Å²) in [7, 11) is 0. The van der Waals surface area contributed by atoms with E-state index in [1.807, 2.05) is 0 Å². The predicted molar refractivity (Wildman–Crippen MR) is 67.8 cm³/mol. The van der Waals surface area contributed by atoms with Crippen LogP contribution in [0.3, 0.4) is 0 Å². The van der Waals surface area contributed by atoms with Gasteiger partial charge in [0.1, 0.15) is 0 Å². The van der Waals surface area contributed by atoms with Crippen LogP contribution in [0.1, 0.15) is 19.8 Å². The number of nitrogens with zero attached hydrogens (tertiary/aromatic N) is 2. The molecule has 4 nitrogen and oxygen atoms in total. The Morgan fingerprint density at radius 3 is 2.12 bits per heavy atom. The Kier molecular flexibility index (Phi) is 5.71. The molecule has 2 heterocycles. The largest absolute Gasteiger partial charge is 0.379 e. The minimum atomic E-state index is 0.885. The van der Waals surface area contributed by atoms with Gasteiger partial charge in [-0.2, -0.15) is 0 Å². The predicted octanol–water partition coefficient (Wildman–Crippen LogP) is 0.983. The van der Waals surface area contributed by atoms with Crippen molar-refractivity contribution in [2.45, 2.75) is 19.8 Å². The molecule has 0 amide bonds. The van der Waals surface area contributed by atoms with Gasteiger partial charge in [-0.3, -0.25) is 9.80 Å². The van der Waals surface area contributed by atoms with Crippen molar-refractivity contribution in [2.75, 3.05) is 59.2 Å². The monoisotopic (exact) mass is 241 g/mol. The maximum Gasteiger partial charge on any atom is 0.0594 e. The lowest BCUT2D eigenvalue weighted by atomic mass is 10.1. The van der Waals surface area contributed by atoms with E-state index in [2.05, 4.69) is 16.7 Å². The third-order valence-electron chi connectivity index (χ3n) is 3.51. The fourth-order valence-corrected chi connectivity index (χ4v) is 2.52. The molecular weight excluding hydrogens is 216 g/mol. The molecule has 0 aromatic carbocycles. The van der Waals surface area contributed by atoms with E-state index in [4.69, 9.17) is 9.47 Å². The van der Waals surface area contributed by atoms with Gasteiger partial charge in [-0.1, -0.05) is 13.3 Å². The summed E-state index contributed by atoms with van der Waals surface area (Å²) >= 11 is 0. The number of hydrogen-bond acceptors (Lipinski definition) is 4. The van der Waals surface area contributed by atoms with E-state index in [9.17, 15) is 0 Å². The van der Waals surface area contributed by atoms with Crippen LogP contribution in [-0.2, 0) is 9.47 Å². The summed E-state index contributed by atoms with van der Waals surface area (Å²) in [5, 5.41) is 0. The first-order chi connectivity index (χ1) is 8.40. The average molecular weight is 241 g/mol. The molecule has 2 saturated heterocycles. The molecule has 1 radical (unpaired) electrons. The van der Waals surface area contributed by atoms with Crippen LogP contribution in [-0.4, -0.2) is 69.0 Å². The Morgan fingerprint density at radius 2 is 1.53 bits per heavy atom. The molecule has 4 heteroatoms. The van der Waals surface area contributed by atoms with Crippen LogP contribution in [0.4, 0.5) is 0 Å². The fraction of sp³-hybridized carbons (Fsp3) is 0.923. The van der Waals surface area contributed by atoms with Crippen molar-refractivity contribution in [1.82, 2.24) is 9.80 Å². The van der Waals surface area contributed by atoms with Gasteiger partial charge >= 0.3 is 0 Å². The molecule has 2 rings (SSSR count). The second kappa shape index (κ2) is 7.31. The standard InChI is InChI=1S/C13H25N2O2/c1-2-3-13(15-6-10-17-11-7-15)12-14-4-8-16-9-5-14/h2-12H2,1H3. The Morgan fingerprint density at radius 1 is 0.941 bits per heavy atom. The van der Waals surface area contributed by atoms with Gasteiger partial charge in [-0.15, -0.1) is 0 Å². The third kappa shape index (κ3) is 4.21. The molecule has 0 spiro atoms. The quantitative estimate of drug-likeness (QED) is 0.716. The van der Waals surface area contributed by atoms with E-state index in [0.717, 1.165) is 59.2 Å². The van der Waals surface area contributed by atoms with Gasteiger partial charge in [-0.25, -0.2) is 0 Å².